The molecule has 0 saturated carbocycles. The Morgan fingerprint density at radius 1 is 1.07 bits per heavy atom. The molecule has 0 aliphatic rings. The minimum Gasteiger partial charge on any atom is -0.376 e. The molecule has 0 aliphatic heterocycles. The highest BCUT2D eigenvalue weighted by Gasteiger charge is 2.05. The molecule has 1 amide bonds. The molecule has 2 aromatic carbocycles. The van der Waals surface area contributed by atoms with Gasteiger partial charge < -0.3 is 21.1 Å². The Bertz CT molecular complexity index is 736. The molecule has 0 heterocycles. The van der Waals surface area contributed by atoms with Gasteiger partial charge in [-0.2, -0.15) is 0 Å². The normalized spacial score (nSPS) is 12.0. The Hall–Kier alpha value is -2.13. The molecule has 7 heteroatoms. The Morgan fingerprint density at radius 3 is 2.36 bits per heavy atom. The van der Waals surface area contributed by atoms with E-state index in [9.17, 15) is 4.79 Å². The second-order valence-electron chi connectivity index (χ2n) is 6.47. The van der Waals surface area contributed by atoms with E-state index < -0.39 is 5.91 Å². The maximum atomic E-state index is 11.1. The number of nitrogens with one attached hydrogen (secondary N) is 2. The maximum Gasteiger partial charge on any atom is 0.248 e. The van der Waals surface area contributed by atoms with E-state index in [0.29, 0.717) is 31.2 Å². The van der Waals surface area contributed by atoms with Crippen LogP contribution in [0.4, 0.5) is 0 Å². The monoisotopic (exact) mass is 496 g/mol. The van der Waals surface area contributed by atoms with E-state index in [1.807, 2.05) is 30.3 Å². The van der Waals surface area contributed by atoms with Crippen molar-refractivity contribution in [3.05, 3.63) is 71.3 Å². The molecule has 2 rings (SSSR count). The van der Waals surface area contributed by atoms with E-state index in [1.165, 1.54) is 5.56 Å². The number of guanidine groups is 1. The molecule has 2 aromatic rings. The van der Waals surface area contributed by atoms with Gasteiger partial charge in [0.2, 0.25) is 5.91 Å². The Morgan fingerprint density at radius 2 is 1.75 bits per heavy atom. The van der Waals surface area contributed by atoms with Gasteiger partial charge in [-0.15, -0.1) is 24.0 Å². The number of nitrogens with zero attached hydrogens (tertiary/aromatic N) is 1. The number of ether oxygens (including phenoxy) is 1. The summed E-state index contributed by atoms with van der Waals surface area (Å²) in [5, 5.41) is 6.56. The molecule has 0 bridgehead atoms. The standard InChI is InChI=1S/C21H28N4O2.HI/c1-16(14-27-15-18-6-4-3-5-7-18)12-24-21(23-2)25-13-17-8-10-19(11-9-17)20(22)26;/h3-11,16H,12-15H2,1-2H3,(H2,22,26)(H2,23,24,25);1H. The van der Waals surface area contributed by atoms with Crippen molar-refractivity contribution in [2.45, 2.75) is 20.1 Å². The summed E-state index contributed by atoms with van der Waals surface area (Å²) in [5.74, 6) is 0.654. The van der Waals surface area contributed by atoms with Crippen molar-refractivity contribution in [1.29, 1.82) is 0 Å². The number of carbonyl (C=O) groups excluding carboxylic acids is 1. The summed E-state index contributed by atoms with van der Waals surface area (Å²) < 4.78 is 5.77. The first-order chi connectivity index (χ1) is 13.1. The Labute approximate surface area is 184 Å². The van der Waals surface area contributed by atoms with Gasteiger partial charge in [0.15, 0.2) is 5.96 Å². The Kier molecular flexibility index (Phi) is 11.2. The summed E-state index contributed by atoms with van der Waals surface area (Å²) >= 11 is 0. The molecule has 1 unspecified atom stereocenters. The summed E-state index contributed by atoms with van der Waals surface area (Å²) in [4.78, 5) is 15.3. The van der Waals surface area contributed by atoms with Gasteiger partial charge in [0.25, 0.3) is 0 Å². The van der Waals surface area contributed by atoms with Gasteiger partial charge in [0, 0.05) is 25.7 Å². The summed E-state index contributed by atoms with van der Waals surface area (Å²) in [6.45, 7) is 4.80. The topological polar surface area (TPSA) is 88.7 Å². The van der Waals surface area contributed by atoms with Gasteiger partial charge in [0.1, 0.15) is 0 Å². The predicted molar refractivity (Wildman–Crippen MR) is 124 cm³/mol. The first-order valence-corrected chi connectivity index (χ1v) is 9.03. The zero-order chi connectivity index (χ0) is 19.5. The number of rotatable bonds is 9. The highest BCUT2D eigenvalue weighted by molar-refractivity contribution is 14.0. The van der Waals surface area contributed by atoms with Crippen LogP contribution in [0.5, 0.6) is 0 Å². The smallest absolute Gasteiger partial charge is 0.248 e. The first kappa shape index (κ1) is 23.9. The van der Waals surface area contributed by atoms with Gasteiger partial charge in [-0.1, -0.05) is 49.4 Å². The molecule has 4 N–H and O–H groups in total. The number of halogens is 1. The minimum absolute atomic E-state index is 0. The van der Waals surface area contributed by atoms with Crippen LogP contribution in [0.25, 0.3) is 0 Å². The number of amides is 1. The molecule has 0 aliphatic carbocycles. The fourth-order valence-electron chi connectivity index (χ4n) is 2.48. The molecule has 0 radical (unpaired) electrons. The zero-order valence-corrected chi connectivity index (χ0v) is 18.7. The van der Waals surface area contributed by atoms with E-state index in [4.69, 9.17) is 10.5 Å². The fraction of sp³-hybridized carbons (Fsp3) is 0.333. The van der Waals surface area contributed by atoms with E-state index in [1.54, 1.807) is 19.2 Å². The summed E-state index contributed by atoms with van der Waals surface area (Å²) in [6.07, 6.45) is 0. The van der Waals surface area contributed by atoms with Crippen LogP contribution in [0.15, 0.2) is 59.6 Å². The van der Waals surface area contributed by atoms with Crippen LogP contribution in [0.1, 0.15) is 28.4 Å². The van der Waals surface area contributed by atoms with Gasteiger partial charge >= 0.3 is 0 Å². The summed E-state index contributed by atoms with van der Waals surface area (Å²) in [5.41, 5.74) is 7.98. The third kappa shape index (κ3) is 8.71. The van der Waals surface area contributed by atoms with Crippen LogP contribution in [-0.4, -0.2) is 32.1 Å². The molecular weight excluding hydrogens is 467 g/mol. The second-order valence-corrected chi connectivity index (χ2v) is 6.47. The summed E-state index contributed by atoms with van der Waals surface area (Å²) in [6, 6.07) is 17.3. The third-order valence-electron chi connectivity index (χ3n) is 4.05. The van der Waals surface area contributed by atoms with Crippen LogP contribution >= 0.6 is 24.0 Å². The van der Waals surface area contributed by atoms with Gasteiger partial charge in [-0.3, -0.25) is 9.79 Å². The lowest BCUT2D eigenvalue weighted by Crippen LogP contribution is -2.39. The van der Waals surface area contributed by atoms with Crippen molar-refractivity contribution in [3.63, 3.8) is 0 Å². The van der Waals surface area contributed by atoms with E-state index in [0.717, 1.165) is 18.1 Å². The van der Waals surface area contributed by atoms with Crippen molar-refractivity contribution in [3.8, 4) is 0 Å². The average molecular weight is 496 g/mol. The molecular formula is C21H29IN4O2. The molecule has 1 atom stereocenters. The minimum atomic E-state index is -0.421. The third-order valence-corrected chi connectivity index (χ3v) is 4.05. The van der Waals surface area contributed by atoms with Gasteiger partial charge in [0.05, 0.1) is 13.2 Å². The van der Waals surface area contributed by atoms with E-state index >= 15 is 0 Å². The number of nitrogens with two attached hydrogens (primary N) is 1. The lowest BCUT2D eigenvalue weighted by Gasteiger charge is -2.16. The van der Waals surface area contributed by atoms with E-state index in [-0.39, 0.29) is 24.0 Å². The van der Waals surface area contributed by atoms with Crippen LogP contribution < -0.4 is 16.4 Å². The Balaban J connectivity index is 0.00000392. The predicted octanol–water partition coefficient (Wildman–Crippen LogP) is 2.92. The second kappa shape index (κ2) is 13.1. The number of benzene rings is 2. The quantitative estimate of drug-likeness (QED) is 0.283. The highest BCUT2D eigenvalue weighted by Crippen LogP contribution is 2.04. The SMILES string of the molecule is CN=C(NCc1ccc(C(N)=O)cc1)NCC(C)COCc1ccccc1.I. The van der Waals surface area contributed by atoms with Crippen LogP contribution in [-0.2, 0) is 17.9 Å². The number of hydrogen-bond acceptors (Lipinski definition) is 3. The van der Waals surface area contributed by atoms with Crippen molar-refractivity contribution in [2.75, 3.05) is 20.2 Å². The molecule has 28 heavy (non-hydrogen) atoms. The molecule has 0 saturated heterocycles. The first-order valence-electron chi connectivity index (χ1n) is 9.03. The lowest BCUT2D eigenvalue weighted by atomic mass is 10.1. The number of carbonyl (C=O) groups is 1. The largest absolute Gasteiger partial charge is 0.376 e. The maximum absolute atomic E-state index is 11.1. The lowest BCUT2D eigenvalue weighted by molar-refractivity contribution is 0.0931. The van der Waals surface area contributed by atoms with Crippen LogP contribution in [0.2, 0.25) is 0 Å². The number of aliphatic imine (C=N–C) groups is 1. The van der Waals surface area contributed by atoms with Crippen LogP contribution in [0, 0.1) is 5.92 Å². The number of hydrogen-bond donors (Lipinski definition) is 3. The zero-order valence-electron chi connectivity index (χ0n) is 16.4. The number of primary amides is 1. The van der Waals surface area contributed by atoms with Crippen molar-refractivity contribution in [2.24, 2.45) is 16.6 Å². The van der Waals surface area contributed by atoms with Crippen molar-refractivity contribution in [1.82, 2.24) is 10.6 Å². The fourth-order valence-corrected chi connectivity index (χ4v) is 2.48. The average Bonchev–Trinajstić information content (AvgIpc) is 2.69. The van der Waals surface area contributed by atoms with Crippen molar-refractivity contribution >= 4 is 35.8 Å². The molecule has 0 aromatic heterocycles. The highest BCUT2D eigenvalue weighted by atomic mass is 127. The molecule has 152 valence electrons. The van der Waals surface area contributed by atoms with Gasteiger partial charge in [-0.25, -0.2) is 0 Å². The van der Waals surface area contributed by atoms with Crippen LogP contribution in [0.3, 0.4) is 0 Å². The van der Waals surface area contributed by atoms with E-state index in [2.05, 4.69) is 34.7 Å². The summed E-state index contributed by atoms with van der Waals surface area (Å²) in [7, 11) is 1.74. The van der Waals surface area contributed by atoms with Gasteiger partial charge in [-0.05, 0) is 29.2 Å². The molecule has 0 spiro atoms. The molecule has 6 nitrogen and oxygen atoms in total. The molecule has 0 fully saturated rings. The van der Waals surface area contributed by atoms with Crippen molar-refractivity contribution < 1.29 is 9.53 Å².